The molecule has 0 unspecified atom stereocenters. The second-order valence-corrected chi connectivity index (χ2v) is 26.4. The molecule has 8 nitrogen and oxygen atoms in total. The van der Waals surface area contributed by atoms with Crippen LogP contribution in [0.1, 0.15) is 205 Å². The fraction of sp³-hybridized carbons (Fsp3) is 0.647. The highest BCUT2D eigenvalue weighted by Crippen LogP contribution is 2.44. The zero-order valence-electron chi connectivity index (χ0n) is 52.4. The Morgan fingerprint density at radius 3 is 0.539 bits per heavy atom. The molecule has 1 aliphatic carbocycles. The second-order valence-electron chi connectivity index (χ2n) is 26.4. The Hall–Kier alpha value is -4.08. The number of benzene rings is 4. The fourth-order valence-corrected chi connectivity index (χ4v) is 11.0. The number of fused-ring (bicyclic) bond motifs is 8. The number of likely N-dealkylation sites (N-methyl/N-ethyl adjacent to an activating group) is 4. The summed E-state index contributed by atoms with van der Waals surface area (Å²) in [4.78, 5) is 6.17. The third kappa shape index (κ3) is 17.0. The van der Waals surface area contributed by atoms with Crippen LogP contribution in [0.5, 0.6) is 23.0 Å². The minimum atomic E-state index is -0.112. The van der Waals surface area contributed by atoms with E-state index in [1.165, 1.54) is 66.8 Å². The minimum Gasteiger partial charge on any atom is -0.487 e. The Labute approximate surface area is 465 Å². The lowest BCUT2D eigenvalue weighted by molar-refractivity contribution is -0.896. The minimum absolute atomic E-state index is 0.112. The van der Waals surface area contributed by atoms with E-state index >= 15 is 0 Å². The van der Waals surface area contributed by atoms with E-state index in [9.17, 15) is 0 Å². The number of nitrogens with one attached hydrogen (secondary N) is 4. The van der Waals surface area contributed by atoms with Gasteiger partial charge in [-0.25, -0.2) is 0 Å². The van der Waals surface area contributed by atoms with Crippen LogP contribution in [0.15, 0.2) is 48.5 Å². The molecular weight excluding hydrogens is 937 g/mol. The summed E-state index contributed by atoms with van der Waals surface area (Å²) >= 11 is 0. The van der Waals surface area contributed by atoms with Crippen molar-refractivity contribution in [2.75, 3.05) is 105 Å². The van der Waals surface area contributed by atoms with Crippen LogP contribution in [0.4, 0.5) is 0 Å². The number of quaternary nitrogens is 4. The van der Waals surface area contributed by atoms with Crippen LogP contribution in [0.3, 0.4) is 0 Å². The molecule has 1 aliphatic rings. The Morgan fingerprint density at radius 2 is 0.421 bits per heavy atom. The normalized spacial score (nSPS) is 13.6. The summed E-state index contributed by atoms with van der Waals surface area (Å²) in [5.41, 5.74) is 14.6. The van der Waals surface area contributed by atoms with Crippen LogP contribution in [0, 0.1) is 0 Å². The third-order valence-corrected chi connectivity index (χ3v) is 16.8. The topological polar surface area (TPSA) is 54.7 Å². The molecule has 5 rings (SSSR count). The molecule has 0 fully saturated rings. The largest absolute Gasteiger partial charge is 0.487 e. The molecule has 0 heterocycles. The van der Waals surface area contributed by atoms with E-state index in [0.29, 0.717) is 52.1 Å². The smallest absolute Gasteiger partial charge is 0.137 e. The summed E-state index contributed by atoms with van der Waals surface area (Å²) in [6.07, 6.45) is 2.73. The van der Waals surface area contributed by atoms with Gasteiger partial charge < -0.3 is 38.5 Å². The Balaban J connectivity index is 2.01. The monoisotopic (exact) mass is 1050 g/mol. The molecule has 0 radical (unpaired) electrons. The lowest BCUT2D eigenvalue weighted by atomic mass is 9.79. The van der Waals surface area contributed by atoms with Gasteiger partial charge in [-0.2, -0.15) is 0 Å². The highest BCUT2D eigenvalue weighted by atomic mass is 16.5. The van der Waals surface area contributed by atoms with Gasteiger partial charge in [0, 0.05) is 25.7 Å². The van der Waals surface area contributed by atoms with Crippen molar-refractivity contribution >= 4 is 0 Å². The highest BCUT2D eigenvalue weighted by Gasteiger charge is 2.30. The van der Waals surface area contributed by atoms with Crippen LogP contribution in [0.2, 0.25) is 0 Å². The van der Waals surface area contributed by atoms with Gasteiger partial charge in [0.1, 0.15) is 75.6 Å². The molecule has 0 aliphatic heterocycles. The van der Waals surface area contributed by atoms with Crippen LogP contribution in [0.25, 0.3) is 0 Å². The molecular formula is C68H112N4O4+4. The molecule has 0 aromatic heterocycles. The van der Waals surface area contributed by atoms with Crippen molar-refractivity contribution in [3.63, 3.8) is 0 Å². The molecule has 8 bridgehead atoms. The molecule has 0 saturated heterocycles. The van der Waals surface area contributed by atoms with Gasteiger partial charge >= 0.3 is 0 Å². The predicted molar refractivity (Wildman–Crippen MR) is 321 cm³/mol. The quantitative estimate of drug-likeness (QED) is 0.0500. The fourth-order valence-electron chi connectivity index (χ4n) is 11.0. The Bertz CT molecular complexity index is 2010. The number of hydrogen-bond donors (Lipinski definition) is 4. The zero-order chi connectivity index (χ0) is 56.2. The van der Waals surface area contributed by atoms with Gasteiger partial charge in [-0.15, -0.1) is 0 Å². The number of ether oxygens (including phenoxy) is 4. The first-order valence-electron chi connectivity index (χ1n) is 30.3. The van der Waals surface area contributed by atoms with E-state index < -0.39 is 0 Å². The van der Waals surface area contributed by atoms with E-state index in [-0.39, 0.29) is 21.7 Å². The summed E-state index contributed by atoms with van der Waals surface area (Å²) < 4.78 is 29.4. The maximum Gasteiger partial charge on any atom is 0.137 e. The van der Waals surface area contributed by atoms with Gasteiger partial charge in [-0.05, 0) is 144 Å². The van der Waals surface area contributed by atoms with Gasteiger partial charge in [-0.3, -0.25) is 0 Å². The first-order valence-corrected chi connectivity index (χ1v) is 30.3. The van der Waals surface area contributed by atoms with Crippen molar-refractivity contribution in [2.24, 2.45) is 0 Å². The maximum atomic E-state index is 7.36. The zero-order valence-corrected chi connectivity index (χ0v) is 52.4. The molecule has 76 heavy (non-hydrogen) atoms. The molecule has 8 heteroatoms. The Kier molecular flexibility index (Phi) is 22.9. The average Bonchev–Trinajstić information content (AvgIpc) is 3.35. The van der Waals surface area contributed by atoms with Crippen molar-refractivity contribution in [3.8, 4) is 23.0 Å². The van der Waals surface area contributed by atoms with Gasteiger partial charge in [0.25, 0.3) is 0 Å². The van der Waals surface area contributed by atoms with Crippen molar-refractivity contribution < 1.29 is 38.5 Å². The summed E-state index contributed by atoms with van der Waals surface area (Å²) in [6.45, 7) is 61.5. The molecule has 0 spiro atoms. The van der Waals surface area contributed by atoms with Crippen LogP contribution < -0.4 is 38.5 Å². The molecule has 4 aromatic rings. The molecule has 0 saturated carbocycles. The van der Waals surface area contributed by atoms with Crippen molar-refractivity contribution in [2.45, 2.75) is 186 Å². The Morgan fingerprint density at radius 1 is 0.276 bits per heavy atom. The van der Waals surface area contributed by atoms with Gasteiger partial charge in [0.2, 0.25) is 0 Å². The molecule has 4 N–H and O–H groups in total. The van der Waals surface area contributed by atoms with Crippen molar-refractivity contribution in [3.05, 3.63) is 115 Å². The SMILES string of the molecule is CC[NH+](CC)CCOc1c2cc(C(C)(C)C)cc1Cc1cc(C(C)(C)C)cc(c1OCC[NH+](CC)CC)Cc1cc(C(C)(C)C)cc(c1OCC[NH+](CC)CC)Cc1cc(C(C)(C)C)cc(c1OCC[NH+](CC)CC)C2. The average molecular weight is 1050 g/mol. The van der Waals surface area contributed by atoms with E-state index in [1.54, 1.807) is 19.6 Å². The van der Waals surface area contributed by atoms with Gasteiger partial charge in [0.05, 0.1) is 52.4 Å². The van der Waals surface area contributed by atoms with Crippen LogP contribution >= 0.6 is 0 Å². The van der Waals surface area contributed by atoms with E-state index in [0.717, 1.165) is 102 Å². The number of rotatable bonds is 24. The predicted octanol–water partition coefficient (Wildman–Crippen LogP) is 8.77. The van der Waals surface area contributed by atoms with Crippen molar-refractivity contribution in [1.29, 1.82) is 0 Å². The van der Waals surface area contributed by atoms with Gasteiger partial charge in [-0.1, -0.05) is 132 Å². The highest BCUT2D eigenvalue weighted by molar-refractivity contribution is 5.60. The van der Waals surface area contributed by atoms with E-state index in [1.807, 2.05) is 0 Å². The lowest BCUT2D eigenvalue weighted by Gasteiger charge is -2.29. The second kappa shape index (κ2) is 27.7. The molecule has 0 amide bonds. The standard InChI is InChI=1S/C68H108N4O4/c1-21-69(22-2)29-33-73-61-49-37-51-43-58(66(12,13)14)45-53(62(51)74-34-30-70(23-3)24-4)39-55-47-60(68(18,19)20)48-56(64(55)76-36-32-72(27-7)28-8)40-54-46-59(67(15,16)17)44-52(63(54)75-35-31-71(25-5)26-6)38-50(61)42-57(41-49)65(9,10)11/h41-48H,21-40H2,1-20H3/p+4. The van der Waals surface area contributed by atoms with Crippen molar-refractivity contribution in [1.82, 2.24) is 0 Å². The van der Waals surface area contributed by atoms with E-state index in [4.69, 9.17) is 18.9 Å². The lowest BCUT2D eigenvalue weighted by Crippen LogP contribution is -3.12. The third-order valence-electron chi connectivity index (χ3n) is 16.8. The molecule has 4 aromatic carbocycles. The molecule has 0 atom stereocenters. The summed E-state index contributed by atoms with van der Waals surface area (Å²) in [5.74, 6) is 4.06. The summed E-state index contributed by atoms with van der Waals surface area (Å²) in [7, 11) is 0. The van der Waals surface area contributed by atoms with Gasteiger partial charge in [0.15, 0.2) is 0 Å². The maximum absolute atomic E-state index is 7.36. The first-order chi connectivity index (χ1) is 35.8. The number of hydrogen-bond acceptors (Lipinski definition) is 4. The van der Waals surface area contributed by atoms with Crippen LogP contribution in [-0.4, -0.2) is 105 Å². The van der Waals surface area contributed by atoms with Crippen LogP contribution in [-0.2, 0) is 47.3 Å². The first kappa shape index (κ1) is 62.8. The summed E-state index contributed by atoms with van der Waals surface area (Å²) in [6, 6.07) is 19.8. The van der Waals surface area contributed by atoms with E-state index in [2.05, 4.69) is 187 Å². The molecule has 424 valence electrons. The summed E-state index contributed by atoms with van der Waals surface area (Å²) in [5, 5.41) is 0.